The molecule has 4 heteroatoms. The smallest absolute Gasteiger partial charge is 0.250 e. The SMILES string of the molecule is CNCc1cccn1CCn1ccccc1=O. The first-order chi connectivity index (χ1) is 8.31. The molecule has 0 amide bonds. The zero-order valence-electron chi connectivity index (χ0n) is 9.97. The molecule has 0 bridgehead atoms. The van der Waals surface area contributed by atoms with Crippen molar-refractivity contribution < 1.29 is 0 Å². The molecule has 0 aliphatic heterocycles. The van der Waals surface area contributed by atoms with Crippen molar-refractivity contribution in [2.45, 2.75) is 19.6 Å². The predicted octanol–water partition coefficient (Wildman–Crippen LogP) is 1.07. The van der Waals surface area contributed by atoms with E-state index in [0.717, 1.165) is 13.1 Å². The Bertz CT molecular complexity index is 527. The molecule has 0 aromatic carbocycles. The fraction of sp³-hybridized carbons (Fsp3) is 0.308. The third kappa shape index (κ3) is 2.85. The van der Waals surface area contributed by atoms with Crippen LogP contribution in [0.1, 0.15) is 5.69 Å². The summed E-state index contributed by atoms with van der Waals surface area (Å²) in [5.74, 6) is 0. The molecule has 0 saturated carbocycles. The molecule has 0 radical (unpaired) electrons. The molecule has 2 rings (SSSR count). The van der Waals surface area contributed by atoms with Crippen molar-refractivity contribution in [2.24, 2.45) is 0 Å². The molecular formula is C13H17N3O. The van der Waals surface area contributed by atoms with Crippen LogP contribution in [0.4, 0.5) is 0 Å². The number of aromatic nitrogens is 2. The number of pyridine rings is 1. The zero-order chi connectivity index (χ0) is 12.1. The molecule has 4 nitrogen and oxygen atoms in total. The van der Waals surface area contributed by atoms with E-state index >= 15 is 0 Å². The normalized spacial score (nSPS) is 10.6. The molecule has 0 saturated heterocycles. The first kappa shape index (κ1) is 11.7. The van der Waals surface area contributed by atoms with Crippen LogP contribution in [0.25, 0.3) is 0 Å². The van der Waals surface area contributed by atoms with E-state index in [2.05, 4.69) is 16.0 Å². The highest BCUT2D eigenvalue weighted by Crippen LogP contribution is 2.02. The number of aryl methyl sites for hydroxylation is 2. The van der Waals surface area contributed by atoms with Crippen molar-refractivity contribution in [1.29, 1.82) is 0 Å². The lowest BCUT2D eigenvalue weighted by atomic mass is 10.4. The standard InChI is InChI=1S/C13H17N3O/c1-14-11-12-5-4-8-15(12)9-10-16-7-3-2-6-13(16)17/h2-8,14H,9-11H2,1H3. The summed E-state index contributed by atoms with van der Waals surface area (Å²) in [6, 6.07) is 9.35. The Morgan fingerprint density at radius 3 is 2.59 bits per heavy atom. The zero-order valence-corrected chi connectivity index (χ0v) is 9.97. The lowest BCUT2D eigenvalue weighted by Crippen LogP contribution is -2.21. The average molecular weight is 231 g/mol. The van der Waals surface area contributed by atoms with Crippen molar-refractivity contribution in [1.82, 2.24) is 14.5 Å². The Balaban J connectivity index is 2.05. The molecule has 0 aliphatic carbocycles. The maximum Gasteiger partial charge on any atom is 0.250 e. The molecule has 0 spiro atoms. The van der Waals surface area contributed by atoms with E-state index in [1.165, 1.54) is 5.69 Å². The van der Waals surface area contributed by atoms with Crippen LogP contribution in [0, 0.1) is 0 Å². The van der Waals surface area contributed by atoms with E-state index in [0.29, 0.717) is 6.54 Å². The van der Waals surface area contributed by atoms with Gasteiger partial charge in [0.15, 0.2) is 0 Å². The Morgan fingerprint density at radius 1 is 1.06 bits per heavy atom. The molecule has 1 N–H and O–H groups in total. The number of nitrogens with zero attached hydrogens (tertiary/aromatic N) is 2. The van der Waals surface area contributed by atoms with E-state index in [4.69, 9.17) is 0 Å². The summed E-state index contributed by atoms with van der Waals surface area (Å²) < 4.78 is 3.89. The second-order valence-corrected chi connectivity index (χ2v) is 3.96. The molecular weight excluding hydrogens is 214 g/mol. The van der Waals surface area contributed by atoms with Crippen LogP contribution in [-0.2, 0) is 19.6 Å². The van der Waals surface area contributed by atoms with Crippen LogP contribution >= 0.6 is 0 Å². The van der Waals surface area contributed by atoms with E-state index in [1.807, 2.05) is 31.6 Å². The summed E-state index contributed by atoms with van der Waals surface area (Å²) in [4.78, 5) is 11.5. The van der Waals surface area contributed by atoms with Crippen LogP contribution in [0.2, 0.25) is 0 Å². The van der Waals surface area contributed by atoms with Gasteiger partial charge in [0.1, 0.15) is 0 Å². The maximum atomic E-state index is 11.5. The monoisotopic (exact) mass is 231 g/mol. The van der Waals surface area contributed by atoms with Gasteiger partial charge in [-0.15, -0.1) is 0 Å². The van der Waals surface area contributed by atoms with Gasteiger partial charge in [-0.25, -0.2) is 0 Å². The van der Waals surface area contributed by atoms with Gasteiger partial charge in [0, 0.05) is 43.8 Å². The topological polar surface area (TPSA) is 39.0 Å². The minimum atomic E-state index is 0.0508. The highest BCUT2D eigenvalue weighted by atomic mass is 16.1. The van der Waals surface area contributed by atoms with Crippen LogP contribution in [-0.4, -0.2) is 16.2 Å². The van der Waals surface area contributed by atoms with Gasteiger partial charge in [-0.3, -0.25) is 4.79 Å². The molecule has 2 heterocycles. The highest BCUT2D eigenvalue weighted by Gasteiger charge is 2.00. The van der Waals surface area contributed by atoms with Crippen molar-refractivity contribution >= 4 is 0 Å². The van der Waals surface area contributed by atoms with Gasteiger partial charge in [0.2, 0.25) is 0 Å². The summed E-state index contributed by atoms with van der Waals surface area (Å²) in [5.41, 5.74) is 1.28. The van der Waals surface area contributed by atoms with Gasteiger partial charge in [-0.1, -0.05) is 6.07 Å². The average Bonchev–Trinajstić information content (AvgIpc) is 2.76. The van der Waals surface area contributed by atoms with Crippen LogP contribution in [0.3, 0.4) is 0 Å². The molecule has 90 valence electrons. The summed E-state index contributed by atoms with van der Waals surface area (Å²) in [7, 11) is 1.93. The summed E-state index contributed by atoms with van der Waals surface area (Å²) in [6.07, 6.45) is 3.87. The van der Waals surface area contributed by atoms with Crippen LogP contribution < -0.4 is 10.9 Å². The molecule has 0 atom stereocenters. The van der Waals surface area contributed by atoms with E-state index in [9.17, 15) is 4.79 Å². The molecule has 0 fully saturated rings. The highest BCUT2D eigenvalue weighted by molar-refractivity contribution is 5.06. The second-order valence-electron chi connectivity index (χ2n) is 3.96. The maximum absolute atomic E-state index is 11.5. The third-order valence-electron chi connectivity index (χ3n) is 2.76. The first-order valence-electron chi connectivity index (χ1n) is 5.75. The summed E-state index contributed by atoms with van der Waals surface area (Å²) in [6.45, 7) is 2.36. The minimum Gasteiger partial charge on any atom is -0.348 e. The van der Waals surface area contributed by atoms with Gasteiger partial charge < -0.3 is 14.5 Å². The fourth-order valence-corrected chi connectivity index (χ4v) is 1.87. The first-order valence-corrected chi connectivity index (χ1v) is 5.75. The van der Waals surface area contributed by atoms with Gasteiger partial charge >= 0.3 is 0 Å². The van der Waals surface area contributed by atoms with Gasteiger partial charge in [-0.2, -0.15) is 0 Å². The minimum absolute atomic E-state index is 0.0508. The van der Waals surface area contributed by atoms with Crippen molar-refractivity contribution in [3.63, 3.8) is 0 Å². The van der Waals surface area contributed by atoms with Crippen molar-refractivity contribution in [2.75, 3.05) is 7.05 Å². The summed E-state index contributed by atoms with van der Waals surface area (Å²) >= 11 is 0. The quantitative estimate of drug-likeness (QED) is 0.836. The Morgan fingerprint density at radius 2 is 1.82 bits per heavy atom. The van der Waals surface area contributed by atoms with Crippen LogP contribution in [0.5, 0.6) is 0 Å². The largest absolute Gasteiger partial charge is 0.348 e. The van der Waals surface area contributed by atoms with E-state index in [1.54, 1.807) is 16.7 Å². The fourth-order valence-electron chi connectivity index (χ4n) is 1.87. The number of hydrogen-bond acceptors (Lipinski definition) is 2. The second kappa shape index (κ2) is 5.50. The molecule has 2 aromatic rings. The van der Waals surface area contributed by atoms with Gasteiger partial charge in [0.25, 0.3) is 5.56 Å². The third-order valence-corrected chi connectivity index (χ3v) is 2.76. The van der Waals surface area contributed by atoms with Gasteiger partial charge in [0.05, 0.1) is 0 Å². The van der Waals surface area contributed by atoms with Crippen LogP contribution in [0.15, 0.2) is 47.5 Å². The van der Waals surface area contributed by atoms with Crippen molar-refractivity contribution in [3.05, 3.63) is 58.8 Å². The lowest BCUT2D eigenvalue weighted by molar-refractivity contribution is 0.546. The lowest BCUT2D eigenvalue weighted by Gasteiger charge is -2.10. The summed E-state index contributed by atoms with van der Waals surface area (Å²) in [5, 5.41) is 3.13. The molecule has 0 aliphatic rings. The number of hydrogen-bond donors (Lipinski definition) is 1. The molecule has 17 heavy (non-hydrogen) atoms. The molecule has 2 aromatic heterocycles. The van der Waals surface area contributed by atoms with Gasteiger partial charge in [-0.05, 0) is 25.2 Å². The Kier molecular flexibility index (Phi) is 3.77. The van der Waals surface area contributed by atoms with Crippen molar-refractivity contribution in [3.8, 4) is 0 Å². The van der Waals surface area contributed by atoms with E-state index < -0.39 is 0 Å². The predicted molar refractivity (Wildman–Crippen MR) is 67.9 cm³/mol. The molecule has 0 unspecified atom stereocenters. The van der Waals surface area contributed by atoms with E-state index in [-0.39, 0.29) is 5.56 Å². The Labute approximate surface area is 101 Å². The number of nitrogens with one attached hydrogen (secondary N) is 1. The number of rotatable bonds is 5. The Hall–Kier alpha value is -1.81.